The number of hydrogen-bond acceptors (Lipinski definition) is 4. The Kier molecular flexibility index (Phi) is 6.63. The van der Waals surface area contributed by atoms with Crippen LogP contribution < -0.4 is 0 Å². The Balaban J connectivity index is 1.69. The van der Waals surface area contributed by atoms with E-state index in [0.717, 1.165) is 25.0 Å². The third-order valence-corrected chi connectivity index (χ3v) is 7.01. The summed E-state index contributed by atoms with van der Waals surface area (Å²) < 4.78 is 27.2. The highest BCUT2D eigenvalue weighted by Crippen LogP contribution is 2.26. The Labute approximate surface area is 165 Å². The number of sulfonamides is 1. The van der Waals surface area contributed by atoms with E-state index < -0.39 is 10.0 Å². The molecule has 1 aromatic heterocycles. The van der Waals surface area contributed by atoms with Gasteiger partial charge in [-0.15, -0.1) is 0 Å². The van der Waals surface area contributed by atoms with Gasteiger partial charge in [0.1, 0.15) is 5.78 Å². The van der Waals surface area contributed by atoms with Crippen molar-refractivity contribution in [3.63, 3.8) is 0 Å². The van der Waals surface area contributed by atoms with Gasteiger partial charge in [0.05, 0.1) is 4.90 Å². The molecule has 144 valence electrons. The number of carbonyl (C=O) groups excluding carboxylic acids is 1. The molecule has 0 bridgehead atoms. The Hall–Kier alpha value is -1.76. The topological polar surface area (TPSA) is 67.3 Å². The Morgan fingerprint density at radius 2 is 1.89 bits per heavy atom. The number of hydrogen-bond donors (Lipinski definition) is 0. The van der Waals surface area contributed by atoms with Gasteiger partial charge < -0.3 is 0 Å². The van der Waals surface area contributed by atoms with Gasteiger partial charge in [-0.2, -0.15) is 4.31 Å². The van der Waals surface area contributed by atoms with E-state index in [1.807, 2.05) is 18.2 Å². The van der Waals surface area contributed by atoms with Gasteiger partial charge in [0.15, 0.2) is 0 Å². The van der Waals surface area contributed by atoms with Crippen molar-refractivity contribution in [3.05, 3.63) is 58.9 Å². The number of piperidine rings is 1. The summed E-state index contributed by atoms with van der Waals surface area (Å²) in [5.74, 6) is 0.0501. The fraction of sp³-hybridized carbons (Fsp3) is 0.400. The lowest BCUT2D eigenvalue weighted by Crippen LogP contribution is -2.35. The second-order valence-electron chi connectivity index (χ2n) is 6.75. The van der Waals surface area contributed by atoms with Crippen LogP contribution in [0.1, 0.15) is 36.9 Å². The van der Waals surface area contributed by atoms with Crippen LogP contribution in [0.3, 0.4) is 0 Å². The molecule has 1 aromatic carbocycles. The van der Waals surface area contributed by atoms with E-state index >= 15 is 0 Å². The van der Waals surface area contributed by atoms with Gasteiger partial charge in [0, 0.05) is 42.8 Å². The van der Waals surface area contributed by atoms with Gasteiger partial charge in [-0.1, -0.05) is 24.1 Å². The average Bonchev–Trinajstić information content (AvgIpc) is 2.68. The van der Waals surface area contributed by atoms with Crippen LogP contribution in [-0.2, 0) is 27.7 Å². The van der Waals surface area contributed by atoms with Gasteiger partial charge in [-0.25, -0.2) is 8.42 Å². The standard InChI is InChI=1S/C20H23ClN2O3S/c21-20-10-9-19(27(25,26)23-12-4-1-5-13-23)14-16(20)7-8-18(24)15-17-6-2-3-11-22-17/h2-3,6,9-11,14H,1,4-5,7-8,12-13,15H2. The number of aromatic nitrogens is 1. The third kappa shape index (κ3) is 5.15. The lowest BCUT2D eigenvalue weighted by Gasteiger charge is -2.26. The van der Waals surface area contributed by atoms with Crippen molar-refractivity contribution in [2.75, 3.05) is 13.1 Å². The van der Waals surface area contributed by atoms with E-state index in [-0.39, 0.29) is 17.1 Å². The van der Waals surface area contributed by atoms with Gasteiger partial charge >= 0.3 is 0 Å². The van der Waals surface area contributed by atoms with Gasteiger partial charge in [-0.05, 0) is 55.2 Å². The molecular formula is C20H23ClN2O3S. The van der Waals surface area contributed by atoms with Crippen LogP contribution in [0, 0.1) is 0 Å². The molecule has 1 aliphatic heterocycles. The molecule has 1 fully saturated rings. The molecule has 3 rings (SSSR count). The lowest BCUT2D eigenvalue weighted by atomic mass is 10.0. The van der Waals surface area contributed by atoms with Crippen LogP contribution in [0.2, 0.25) is 5.02 Å². The predicted molar refractivity (Wildman–Crippen MR) is 105 cm³/mol. The second-order valence-corrected chi connectivity index (χ2v) is 9.10. The van der Waals surface area contributed by atoms with Crippen LogP contribution in [0.15, 0.2) is 47.5 Å². The smallest absolute Gasteiger partial charge is 0.243 e. The minimum Gasteiger partial charge on any atom is -0.299 e. The van der Waals surface area contributed by atoms with Crippen LogP contribution in [0.25, 0.3) is 0 Å². The highest BCUT2D eigenvalue weighted by atomic mass is 35.5. The maximum Gasteiger partial charge on any atom is 0.243 e. The first kappa shape index (κ1) is 20.0. The Bertz CT molecular complexity index is 895. The molecule has 0 amide bonds. The minimum atomic E-state index is -3.51. The minimum absolute atomic E-state index is 0.0501. The number of Topliss-reactive ketones (excluding diaryl/α,β-unsaturated/α-hetero) is 1. The fourth-order valence-corrected chi connectivity index (χ4v) is 5.00. The number of nitrogens with zero attached hydrogens (tertiary/aromatic N) is 2. The predicted octanol–water partition coefficient (Wildman–Crippen LogP) is 3.65. The number of halogens is 1. The van der Waals surface area contributed by atoms with E-state index in [2.05, 4.69) is 4.98 Å². The molecule has 5 nitrogen and oxygen atoms in total. The molecule has 0 N–H and O–H groups in total. The van der Waals surface area contributed by atoms with Crippen molar-refractivity contribution >= 4 is 27.4 Å². The van der Waals surface area contributed by atoms with Crippen molar-refractivity contribution in [1.82, 2.24) is 9.29 Å². The Morgan fingerprint density at radius 1 is 1.11 bits per heavy atom. The normalized spacial score (nSPS) is 15.6. The maximum atomic E-state index is 12.8. The van der Waals surface area contributed by atoms with Crippen molar-refractivity contribution in [3.8, 4) is 0 Å². The van der Waals surface area contributed by atoms with Crippen molar-refractivity contribution < 1.29 is 13.2 Å². The van der Waals surface area contributed by atoms with E-state index in [9.17, 15) is 13.2 Å². The maximum absolute atomic E-state index is 12.8. The second kappa shape index (κ2) is 8.95. The lowest BCUT2D eigenvalue weighted by molar-refractivity contribution is -0.118. The summed E-state index contributed by atoms with van der Waals surface area (Å²) in [6.07, 6.45) is 5.48. The van der Waals surface area contributed by atoms with Crippen LogP contribution in [-0.4, -0.2) is 36.6 Å². The largest absolute Gasteiger partial charge is 0.299 e. The van der Waals surface area contributed by atoms with E-state index in [0.29, 0.717) is 36.5 Å². The third-order valence-electron chi connectivity index (χ3n) is 4.75. The summed E-state index contributed by atoms with van der Waals surface area (Å²) >= 11 is 6.24. The molecule has 2 heterocycles. The first-order valence-electron chi connectivity index (χ1n) is 9.17. The number of pyridine rings is 1. The molecule has 0 atom stereocenters. The Morgan fingerprint density at radius 3 is 2.59 bits per heavy atom. The van der Waals surface area contributed by atoms with E-state index in [1.54, 1.807) is 24.4 Å². The van der Waals surface area contributed by atoms with Crippen LogP contribution in [0.5, 0.6) is 0 Å². The molecule has 7 heteroatoms. The summed E-state index contributed by atoms with van der Waals surface area (Å²) in [7, 11) is -3.51. The van der Waals surface area contributed by atoms with E-state index in [4.69, 9.17) is 11.6 Å². The summed E-state index contributed by atoms with van der Waals surface area (Å²) in [6.45, 7) is 1.12. The average molecular weight is 407 g/mol. The van der Waals surface area contributed by atoms with Crippen molar-refractivity contribution in [2.24, 2.45) is 0 Å². The van der Waals surface area contributed by atoms with Crippen LogP contribution >= 0.6 is 11.6 Å². The number of rotatable bonds is 7. The first-order chi connectivity index (χ1) is 13.0. The first-order valence-corrected chi connectivity index (χ1v) is 11.0. The van der Waals surface area contributed by atoms with Crippen molar-refractivity contribution in [2.45, 2.75) is 43.4 Å². The number of carbonyl (C=O) groups is 1. The molecule has 0 aliphatic carbocycles. The summed E-state index contributed by atoms with van der Waals surface area (Å²) in [5.41, 5.74) is 1.42. The molecule has 1 aliphatic rings. The van der Waals surface area contributed by atoms with Gasteiger partial charge in [-0.3, -0.25) is 9.78 Å². The van der Waals surface area contributed by atoms with Gasteiger partial charge in [0.2, 0.25) is 10.0 Å². The molecule has 0 radical (unpaired) electrons. The fourth-order valence-electron chi connectivity index (χ4n) is 3.22. The zero-order valence-corrected chi connectivity index (χ0v) is 16.7. The van der Waals surface area contributed by atoms with Gasteiger partial charge in [0.25, 0.3) is 0 Å². The zero-order chi connectivity index (χ0) is 19.3. The monoisotopic (exact) mass is 406 g/mol. The van der Waals surface area contributed by atoms with Crippen molar-refractivity contribution in [1.29, 1.82) is 0 Å². The summed E-state index contributed by atoms with van der Waals surface area (Å²) in [6, 6.07) is 10.2. The highest BCUT2D eigenvalue weighted by Gasteiger charge is 2.26. The molecule has 0 saturated carbocycles. The SMILES string of the molecule is O=C(CCc1cc(S(=O)(=O)N2CCCCC2)ccc1Cl)Cc1ccccn1. The number of aryl methyl sites for hydroxylation is 1. The van der Waals surface area contributed by atoms with Crippen LogP contribution in [0.4, 0.5) is 0 Å². The number of benzene rings is 1. The highest BCUT2D eigenvalue weighted by molar-refractivity contribution is 7.89. The zero-order valence-electron chi connectivity index (χ0n) is 15.1. The summed E-state index contributed by atoms with van der Waals surface area (Å²) in [5, 5.41) is 0.484. The molecule has 2 aromatic rings. The molecular weight excluding hydrogens is 384 g/mol. The molecule has 0 spiro atoms. The number of ketones is 1. The summed E-state index contributed by atoms with van der Waals surface area (Å²) in [4.78, 5) is 16.6. The van der Waals surface area contributed by atoms with E-state index in [1.165, 1.54) is 4.31 Å². The quantitative estimate of drug-likeness (QED) is 0.703. The molecule has 1 saturated heterocycles. The molecule has 27 heavy (non-hydrogen) atoms. The molecule has 0 unspecified atom stereocenters.